The first kappa shape index (κ1) is 20.1. The van der Waals surface area contributed by atoms with E-state index in [-0.39, 0.29) is 24.0 Å². The van der Waals surface area contributed by atoms with E-state index in [0.29, 0.717) is 33.9 Å². The Kier molecular flexibility index (Phi) is 5.63. The van der Waals surface area contributed by atoms with E-state index in [1.54, 1.807) is 57.3 Å². The predicted octanol–water partition coefficient (Wildman–Crippen LogP) is 3.45. The minimum atomic E-state index is -0.512. The molecule has 0 radical (unpaired) electrons. The van der Waals surface area contributed by atoms with Gasteiger partial charge >= 0.3 is 5.97 Å². The Hall–Kier alpha value is -3.68. The highest BCUT2D eigenvalue weighted by atomic mass is 16.5. The van der Waals surface area contributed by atoms with Gasteiger partial charge in [0, 0.05) is 17.5 Å². The molecule has 2 heterocycles. The van der Waals surface area contributed by atoms with Gasteiger partial charge in [-0.05, 0) is 51.5 Å². The number of aromatic amines is 1. The zero-order chi connectivity index (χ0) is 21.1. The Morgan fingerprint density at radius 1 is 1.17 bits per heavy atom. The van der Waals surface area contributed by atoms with E-state index in [4.69, 9.17) is 4.74 Å². The molecule has 2 N–H and O–H groups in total. The summed E-state index contributed by atoms with van der Waals surface area (Å²) in [4.78, 5) is 39.5. The van der Waals surface area contributed by atoms with Crippen LogP contribution in [0.25, 0.3) is 5.69 Å². The second-order valence-electron chi connectivity index (χ2n) is 6.52. The molecular weight excluding hydrogens is 372 g/mol. The summed E-state index contributed by atoms with van der Waals surface area (Å²) in [5, 5.41) is 7.09. The van der Waals surface area contributed by atoms with Crippen molar-refractivity contribution in [2.45, 2.75) is 27.7 Å². The number of aromatic nitrogens is 3. The molecule has 0 aliphatic carbocycles. The Morgan fingerprint density at radius 3 is 2.55 bits per heavy atom. The van der Waals surface area contributed by atoms with E-state index in [9.17, 15) is 14.4 Å². The third kappa shape index (κ3) is 3.96. The van der Waals surface area contributed by atoms with Crippen molar-refractivity contribution in [1.29, 1.82) is 0 Å². The van der Waals surface area contributed by atoms with Gasteiger partial charge in [0.1, 0.15) is 5.69 Å². The molecule has 0 fully saturated rings. The van der Waals surface area contributed by atoms with E-state index in [1.807, 2.05) is 0 Å². The van der Waals surface area contributed by atoms with Gasteiger partial charge in [-0.15, -0.1) is 0 Å². The molecule has 0 unspecified atom stereocenters. The average Bonchev–Trinajstić information content (AvgIpc) is 3.27. The first-order valence-electron chi connectivity index (χ1n) is 9.17. The third-order valence-corrected chi connectivity index (χ3v) is 4.49. The summed E-state index contributed by atoms with van der Waals surface area (Å²) in [6.45, 7) is 6.95. The molecule has 2 aromatic heterocycles. The van der Waals surface area contributed by atoms with Gasteiger partial charge in [0.2, 0.25) is 0 Å². The number of Topliss-reactive ketones (excluding diaryl/α,β-unsaturated/α-hetero) is 1. The zero-order valence-electron chi connectivity index (χ0n) is 16.7. The lowest BCUT2D eigenvalue weighted by atomic mass is 10.1. The molecule has 0 bridgehead atoms. The van der Waals surface area contributed by atoms with Crippen molar-refractivity contribution in [1.82, 2.24) is 14.8 Å². The van der Waals surface area contributed by atoms with Gasteiger partial charge < -0.3 is 15.0 Å². The van der Waals surface area contributed by atoms with Crippen LogP contribution in [-0.2, 0) is 4.74 Å². The van der Waals surface area contributed by atoms with E-state index < -0.39 is 5.97 Å². The maximum Gasteiger partial charge on any atom is 0.358 e. The minimum absolute atomic E-state index is 0.0984. The fourth-order valence-corrected chi connectivity index (χ4v) is 3.24. The number of aryl methyl sites for hydroxylation is 1. The van der Waals surface area contributed by atoms with Crippen molar-refractivity contribution in [3.05, 3.63) is 64.7 Å². The second kappa shape index (κ2) is 8.14. The lowest BCUT2D eigenvalue weighted by Gasteiger charge is -2.11. The first-order chi connectivity index (χ1) is 13.8. The number of anilines is 1. The van der Waals surface area contributed by atoms with Crippen LogP contribution in [-0.4, -0.2) is 39.0 Å². The van der Waals surface area contributed by atoms with E-state index in [1.165, 1.54) is 11.6 Å². The lowest BCUT2D eigenvalue weighted by molar-refractivity contribution is 0.0518. The zero-order valence-corrected chi connectivity index (χ0v) is 16.7. The van der Waals surface area contributed by atoms with Crippen molar-refractivity contribution in [3.63, 3.8) is 0 Å². The molecule has 3 aromatic rings. The van der Waals surface area contributed by atoms with E-state index >= 15 is 0 Å². The molecule has 150 valence electrons. The van der Waals surface area contributed by atoms with Crippen LogP contribution in [0.3, 0.4) is 0 Å². The van der Waals surface area contributed by atoms with Gasteiger partial charge in [-0.3, -0.25) is 9.59 Å². The largest absolute Gasteiger partial charge is 0.461 e. The number of benzene rings is 1. The van der Waals surface area contributed by atoms with E-state index in [0.717, 1.165) is 0 Å². The van der Waals surface area contributed by atoms with Crippen molar-refractivity contribution in [2.75, 3.05) is 11.9 Å². The van der Waals surface area contributed by atoms with Crippen LogP contribution in [0.2, 0.25) is 0 Å². The Bertz CT molecular complexity index is 1090. The molecule has 0 spiro atoms. The topological polar surface area (TPSA) is 106 Å². The highest BCUT2D eigenvalue weighted by molar-refractivity contribution is 6.08. The summed E-state index contributed by atoms with van der Waals surface area (Å²) in [6, 6.07) is 8.63. The first-order valence-corrected chi connectivity index (χ1v) is 9.17. The van der Waals surface area contributed by atoms with Crippen molar-refractivity contribution >= 4 is 23.3 Å². The number of para-hydroxylation sites is 2. The van der Waals surface area contributed by atoms with Gasteiger partial charge in [0.05, 0.1) is 18.0 Å². The average molecular weight is 394 g/mol. The number of hydrogen-bond donors (Lipinski definition) is 2. The number of nitrogens with one attached hydrogen (secondary N) is 2. The number of carbonyl (C=O) groups is 3. The van der Waals surface area contributed by atoms with Crippen LogP contribution < -0.4 is 5.32 Å². The molecule has 1 aromatic carbocycles. The standard InChI is InChI=1S/C21H22N4O4/c1-5-29-21(28)16-10-11-25(24-16)17-9-7-6-8-15(17)23-20(27)19-12(2)18(14(4)26)13(3)22-19/h6-11,22H,5H2,1-4H3,(H,23,27). The SMILES string of the molecule is CCOC(=O)c1ccn(-c2ccccc2NC(=O)c2[nH]c(C)c(C(C)=O)c2C)n1. The number of esters is 1. The summed E-state index contributed by atoms with van der Waals surface area (Å²) in [5.74, 6) is -0.982. The number of hydrogen-bond acceptors (Lipinski definition) is 5. The van der Waals surface area contributed by atoms with Crippen molar-refractivity contribution < 1.29 is 19.1 Å². The third-order valence-electron chi connectivity index (χ3n) is 4.49. The molecule has 3 rings (SSSR count). The van der Waals surface area contributed by atoms with Crippen molar-refractivity contribution in [2.24, 2.45) is 0 Å². The number of H-pyrrole nitrogens is 1. The Labute approximate surface area is 167 Å². The second-order valence-corrected chi connectivity index (χ2v) is 6.52. The summed E-state index contributed by atoms with van der Waals surface area (Å²) in [7, 11) is 0. The number of ether oxygens (including phenoxy) is 1. The van der Waals surface area contributed by atoms with Crippen LogP contribution >= 0.6 is 0 Å². The lowest BCUT2D eigenvalue weighted by Crippen LogP contribution is -2.16. The Morgan fingerprint density at radius 2 is 1.90 bits per heavy atom. The fourth-order valence-electron chi connectivity index (χ4n) is 3.24. The summed E-state index contributed by atoms with van der Waals surface area (Å²) >= 11 is 0. The monoisotopic (exact) mass is 394 g/mol. The predicted molar refractivity (Wildman–Crippen MR) is 108 cm³/mol. The van der Waals surface area contributed by atoms with Crippen LogP contribution in [0.5, 0.6) is 0 Å². The highest BCUT2D eigenvalue weighted by Gasteiger charge is 2.21. The van der Waals surface area contributed by atoms with Gasteiger partial charge in [-0.25, -0.2) is 9.48 Å². The summed E-state index contributed by atoms with van der Waals surface area (Å²) in [6.07, 6.45) is 1.62. The molecule has 0 atom stereocenters. The number of amides is 1. The smallest absolute Gasteiger partial charge is 0.358 e. The number of carbonyl (C=O) groups excluding carboxylic acids is 3. The van der Waals surface area contributed by atoms with Gasteiger partial charge in [-0.2, -0.15) is 5.10 Å². The maximum atomic E-state index is 12.8. The number of nitrogens with zero attached hydrogens (tertiary/aromatic N) is 2. The van der Waals surface area contributed by atoms with Crippen LogP contribution in [0.1, 0.15) is 56.4 Å². The van der Waals surface area contributed by atoms with Gasteiger partial charge in [-0.1, -0.05) is 12.1 Å². The fraction of sp³-hybridized carbons (Fsp3) is 0.238. The van der Waals surface area contributed by atoms with Crippen molar-refractivity contribution in [3.8, 4) is 5.69 Å². The summed E-state index contributed by atoms with van der Waals surface area (Å²) < 4.78 is 6.46. The molecule has 8 nitrogen and oxygen atoms in total. The molecule has 0 saturated heterocycles. The highest BCUT2D eigenvalue weighted by Crippen LogP contribution is 2.23. The van der Waals surface area contributed by atoms with Crippen LogP contribution in [0.15, 0.2) is 36.5 Å². The van der Waals surface area contributed by atoms with Gasteiger partial charge in [0.25, 0.3) is 5.91 Å². The maximum absolute atomic E-state index is 12.8. The van der Waals surface area contributed by atoms with Gasteiger partial charge in [0.15, 0.2) is 11.5 Å². The van der Waals surface area contributed by atoms with E-state index in [2.05, 4.69) is 15.4 Å². The number of ketones is 1. The normalized spacial score (nSPS) is 10.6. The number of rotatable bonds is 6. The van der Waals surface area contributed by atoms with Crippen LogP contribution in [0, 0.1) is 13.8 Å². The Balaban J connectivity index is 1.91. The molecule has 0 aliphatic heterocycles. The molecular formula is C21H22N4O4. The molecule has 29 heavy (non-hydrogen) atoms. The molecule has 0 saturated carbocycles. The molecule has 8 heteroatoms. The molecule has 1 amide bonds. The molecule has 0 aliphatic rings. The minimum Gasteiger partial charge on any atom is -0.461 e. The quantitative estimate of drug-likeness (QED) is 0.492. The summed E-state index contributed by atoms with van der Waals surface area (Å²) in [5.41, 5.74) is 3.38. The van der Waals surface area contributed by atoms with Crippen LogP contribution in [0.4, 0.5) is 5.69 Å².